The Balaban J connectivity index is 2.36. The Hall–Kier alpha value is -0.930. The summed E-state index contributed by atoms with van der Waals surface area (Å²) in [6, 6.07) is 8.09. The van der Waals surface area contributed by atoms with Gasteiger partial charge in [0.25, 0.3) is 0 Å². The molecule has 1 heterocycles. The lowest BCUT2D eigenvalue weighted by molar-refractivity contribution is 0.415. The van der Waals surface area contributed by atoms with E-state index < -0.39 is 0 Å². The van der Waals surface area contributed by atoms with Crippen molar-refractivity contribution in [3.05, 3.63) is 30.5 Å². The molecule has 0 aliphatic carbocycles. The highest BCUT2D eigenvalue weighted by Crippen LogP contribution is 2.32. The number of hydrogen-bond donors (Lipinski definition) is 0. The maximum atomic E-state index is 5.77. The summed E-state index contributed by atoms with van der Waals surface area (Å²) in [5, 5.41) is 3.84. The van der Waals surface area contributed by atoms with E-state index in [0.717, 1.165) is 22.6 Å². The van der Waals surface area contributed by atoms with Gasteiger partial charge < -0.3 is 4.74 Å². The van der Waals surface area contributed by atoms with Crippen LogP contribution in [0.1, 0.15) is 13.3 Å². The zero-order valence-corrected chi connectivity index (χ0v) is 12.1. The standard InChI is InChI=1S/C14H16ClNOS/c1-10(5-7-15)18-14-13-9-12(17-2)4-3-11(13)6-8-16-14/h3-4,6,8-10H,5,7H2,1-2H3. The number of aromatic nitrogens is 1. The third kappa shape index (κ3) is 3.09. The number of methoxy groups -OCH3 is 1. The summed E-state index contributed by atoms with van der Waals surface area (Å²) >= 11 is 7.54. The Labute approximate surface area is 117 Å². The number of nitrogens with zero attached hydrogens (tertiary/aromatic N) is 1. The van der Waals surface area contributed by atoms with Crippen molar-refractivity contribution < 1.29 is 4.74 Å². The zero-order chi connectivity index (χ0) is 13.0. The first-order valence-corrected chi connectivity index (χ1v) is 7.31. The lowest BCUT2D eigenvalue weighted by Crippen LogP contribution is -1.98. The average Bonchev–Trinajstić information content (AvgIpc) is 2.39. The summed E-state index contributed by atoms with van der Waals surface area (Å²) in [6.07, 6.45) is 2.83. The van der Waals surface area contributed by atoms with Crippen molar-refractivity contribution in [3.8, 4) is 5.75 Å². The minimum Gasteiger partial charge on any atom is -0.497 e. The third-order valence-electron chi connectivity index (χ3n) is 2.77. The second kappa shape index (κ2) is 6.30. The van der Waals surface area contributed by atoms with Crippen molar-refractivity contribution in [1.82, 2.24) is 4.98 Å². The Morgan fingerprint density at radius 3 is 2.94 bits per heavy atom. The summed E-state index contributed by atoms with van der Waals surface area (Å²) in [7, 11) is 1.68. The predicted octanol–water partition coefficient (Wildman–Crippen LogP) is 4.35. The second-order valence-corrected chi connectivity index (χ2v) is 5.91. The van der Waals surface area contributed by atoms with Crippen LogP contribution in [0.3, 0.4) is 0 Å². The van der Waals surface area contributed by atoms with E-state index in [9.17, 15) is 0 Å². The van der Waals surface area contributed by atoms with E-state index in [1.807, 2.05) is 24.4 Å². The van der Waals surface area contributed by atoms with E-state index in [4.69, 9.17) is 16.3 Å². The number of alkyl halides is 1. The van der Waals surface area contributed by atoms with Crippen LogP contribution in [-0.2, 0) is 0 Å². The van der Waals surface area contributed by atoms with Gasteiger partial charge in [0.15, 0.2) is 0 Å². The molecule has 0 N–H and O–H groups in total. The van der Waals surface area contributed by atoms with Gasteiger partial charge >= 0.3 is 0 Å². The van der Waals surface area contributed by atoms with Crippen molar-refractivity contribution in [2.75, 3.05) is 13.0 Å². The third-order valence-corrected chi connectivity index (χ3v) is 4.17. The van der Waals surface area contributed by atoms with Crippen LogP contribution in [-0.4, -0.2) is 23.2 Å². The van der Waals surface area contributed by atoms with Crippen LogP contribution >= 0.6 is 23.4 Å². The van der Waals surface area contributed by atoms with E-state index in [0.29, 0.717) is 11.1 Å². The minimum absolute atomic E-state index is 0.465. The highest BCUT2D eigenvalue weighted by molar-refractivity contribution is 8.00. The second-order valence-electron chi connectivity index (χ2n) is 4.11. The molecule has 0 spiro atoms. The number of thioether (sulfide) groups is 1. The summed E-state index contributed by atoms with van der Waals surface area (Å²) in [5.41, 5.74) is 0. The van der Waals surface area contributed by atoms with Gasteiger partial charge in [-0.2, -0.15) is 0 Å². The highest BCUT2D eigenvalue weighted by atomic mass is 35.5. The minimum atomic E-state index is 0.465. The maximum Gasteiger partial charge on any atom is 0.119 e. The van der Waals surface area contributed by atoms with Crippen LogP contribution in [0.4, 0.5) is 0 Å². The van der Waals surface area contributed by atoms with Gasteiger partial charge in [0.2, 0.25) is 0 Å². The smallest absolute Gasteiger partial charge is 0.119 e. The Morgan fingerprint density at radius 1 is 1.39 bits per heavy atom. The molecule has 18 heavy (non-hydrogen) atoms. The zero-order valence-electron chi connectivity index (χ0n) is 10.5. The molecule has 1 unspecified atom stereocenters. The van der Waals surface area contributed by atoms with Gasteiger partial charge in [0.05, 0.1) is 7.11 Å². The van der Waals surface area contributed by atoms with Gasteiger partial charge in [-0.05, 0) is 30.0 Å². The molecule has 0 bridgehead atoms. The van der Waals surface area contributed by atoms with E-state index in [2.05, 4.69) is 18.0 Å². The number of ether oxygens (including phenoxy) is 1. The summed E-state index contributed by atoms with van der Waals surface area (Å²) < 4.78 is 5.27. The molecule has 0 aliphatic rings. The van der Waals surface area contributed by atoms with Crippen molar-refractivity contribution in [1.29, 1.82) is 0 Å². The van der Waals surface area contributed by atoms with Crippen molar-refractivity contribution in [2.24, 2.45) is 0 Å². The van der Waals surface area contributed by atoms with E-state index in [-0.39, 0.29) is 0 Å². The predicted molar refractivity (Wildman–Crippen MR) is 79.0 cm³/mol. The quantitative estimate of drug-likeness (QED) is 0.601. The molecule has 0 saturated heterocycles. The first-order valence-electron chi connectivity index (χ1n) is 5.90. The van der Waals surface area contributed by atoms with Gasteiger partial charge in [-0.3, -0.25) is 0 Å². The fraction of sp³-hybridized carbons (Fsp3) is 0.357. The van der Waals surface area contributed by atoms with E-state index in [1.165, 1.54) is 5.39 Å². The number of hydrogen-bond acceptors (Lipinski definition) is 3. The van der Waals surface area contributed by atoms with Gasteiger partial charge in [0.1, 0.15) is 10.8 Å². The first-order chi connectivity index (χ1) is 8.74. The van der Waals surface area contributed by atoms with Crippen molar-refractivity contribution in [2.45, 2.75) is 23.6 Å². The molecule has 0 fully saturated rings. The summed E-state index contributed by atoms with van der Waals surface area (Å²) in [6.45, 7) is 2.17. The number of rotatable bonds is 5. The molecule has 2 aromatic rings. The number of benzene rings is 1. The van der Waals surface area contributed by atoms with Gasteiger partial charge in [0, 0.05) is 22.7 Å². The largest absolute Gasteiger partial charge is 0.497 e. The molecule has 4 heteroatoms. The van der Waals surface area contributed by atoms with Crippen LogP contribution in [0, 0.1) is 0 Å². The molecule has 0 aliphatic heterocycles. The van der Waals surface area contributed by atoms with Crippen LogP contribution in [0.5, 0.6) is 5.75 Å². The van der Waals surface area contributed by atoms with Crippen molar-refractivity contribution in [3.63, 3.8) is 0 Å². The van der Waals surface area contributed by atoms with E-state index in [1.54, 1.807) is 18.9 Å². The first kappa shape index (κ1) is 13.5. The highest BCUT2D eigenvalue weighted by Gasteiger charge is 2.09. The Kier molecular flexibility index (Phi) is 4.72. The molecule has 1 aromatic carbocycles. The van der Waals surface area contributed by atoms with Crippen LogP contribution in [0.15, 0.2) is 35.5 Å². The van der Waals surface area contributed by atoms with Gasteiger partial charge in [-0.25, -0.2) is 4.98 Å². The number of pyridine rings is 1. The molecule has 96 valence electrons. The van der Waals surface area contributed by atoms with Gasteiger partial charge in [-0.15, -0.1) is 23.4 Å². The van der Waals surface area contributed by atoms with E-state index >= 15 is 0 Å². The summed E-state index contributed by atoms with van der Waals surface area (Å²) in [4.78, 5) is 4.47. The SMILES string of the molecule is COc1ccc2ccnc(SC(C)CCCl)c2c1. The Morgan fingerprint density at radius 2 is 2.22 bits per heavy atom. The molecule has 0 radical (unpaired) electrons. The molecular formula is C14H16ClNOS. The summed E-state index contributed by atoms with van der Waals surface area (Å²) in [5.74, 6) is 1.55. The number of fused-ring (bicyclic) bond motifs is 1. The molecule has 1 aromatic heterocycles. The molecule has 1 atom stereocenters. The fourth-order valence-electron chi connectivity index (χ4n) is 1.74. The fourth-order valence-corrected chi connectivity index (χ4v) is 3.24. The van der Waals surface area contributed by atoms with Gasteiger partial charge in [-0.1, -0.05) is 13.0 Å². The maximum absolute atomic E-state index is 5.77. The van der Waals surface area contributed by atoms with Crippen molar-refractivity contribution >= 4 is 34.1 Å². The van der Waals surface area contributed by atoms with Crippen LogP contribution < -0.4 is 4.74 Å². The molecule has 2 rings (SSSR count). The average molecular weight is 282 g/mol. The molecule has 0 saturated carbocycles. The lowest BCUT2D eigenvalue weighted by atomic mass is 10.2. The Bertz CT molecular complexity index is 532. The molecule has 2 nitrogen and oxygen atoms in total. The lowest BCUT2D eigenvalue weighted by Gasteiger charge is -2.11. The van der Waals surface area contributed by atoms with Crippen LogP contribution in [0.2, 0.25) is 0 Å². The topological polar surface area (TPSA) is 22.1 Å². The molecule has 0 amide bonds. The normalized spacial score (nSPS) is 12.6. The number of halogens is 1. The molecular weight excluding hydrogens is 266 g/mol. The van der Waals surface area contributed by atoms with Crippen LogP contribution in [0.25, 0.3) is 10.8 Å². The monoisotopic (exact) mass is 281 g/mol.